The van der Waals surface area contributed by atoms with E-state index >= 15 is 0 Å². The molecule has 3 aromatic rings. The molecule has 1 heterocycles. The molecule has 1 aliphatic carbocycles. The van der Waals surface area contributed by atoms with Crippen molar-refractivity contribution in [2.45, 2.75) is 32.4 Å². The molecule has 2 aliphatic rings. The Kier molecular flexibility index (Phi) is 7.65. The lowest BCUT2D eigenvalue weighted by Crippen LogP contribution is -2.50. The zero-order chi connectivity index (χ0) is 28.8. The summed E-state index contributed by atoms with van der Waals surface area (Å²) in [6.45, 7) is 6.77. The number of piperazine rings is 1. The van der Waals surface area contributed by atoms with Crippen LogP contribution in [-0.4, -0.2) is 69.4 Å². The molecule has 3 aromatic carbocycles. The molecule has 8 nitrogen and oxygen atoms in total. The number of carbonyl (C=O) groups is 1. The molecular formula is C29H32BFN2O6S. The van der Waals surface area contributed by atoms with Crippen LogP contribution in [0.25, 0.3) is 11.1 Å². The molecule has 11 heteroatoms. The number of rotatable bonds is 6. The van der Waals surface area contributed by atoms with Crippen LogP contribution in [-0.2, 0) is 20.7 Å². The van der Waals surface area contributed by atoms with E-state index in [1.54, 1.807) is 25.7 Å². The molecule has 1 aliphatic heterocycles. The molecule has 0 spiro atoms. The van der Waals surface area contributed by atoms with Gasteiger partial charge in [-0.1, -0.05) is 48.5 Å². The monoisotopic (exact) mass is 566 g/mol. The van der Waals surface area contributed by atoms with Crippen LogP contribution in [0.15, 0.2) is 48.5 Å². The highest BCUT2D eigenvalue weighted by Crippen LogP contribution is 2.44. The fourth-order valence-corrected chi connectivity index (χ4v) is 7.10. The maximum atomic E-state index is 13.7. The first-order valence-corrected chi connectivity index (χ1v) is 14.8. The summed E-state index contributed by atoms with van der Waals surface area (Å²) in [6.07, 6.45) is -0.408. The van der Waals surface area contributed by atoms with Crippen molar-refractivity contribution in [3.05, 3.63) is 81.9 Å². The van der Waals surface area contributed by atoms with Crippen LogP contribution in [0, 0.1) is 20.8 Å². The van der Waals surface area contributed by atoms with Gasteiger partial charge in [0.05, 0.1) is 0 Å². The number of halogens is 1. The Labute approximate surface area is 234 Å². The fraction of sp³-hybridized carbons (Fsp3) is 0.345. The predicted octanol–water partition coefficient (Wildman–Crippen LogP) is 3.16. The number of hydrogen-bond donors (Lipinski definition) is 2. The lowest BCUT2D eigenvalue weighted by molar-refractivity contribution is 0.0976. The van der Waals surface area contributed by atoms with Crippen LogP contribution in [0.3, 0.4) is 0 Å². The molecule has 0 radical (unpaired) electrons. The third-order valence-electron chi connectivity index (χ3n) is 8.19. The van der Waals surface area contributed by atoms with E-state index in [2.05, 4.69) is 24.3 Å². The zero-order valence-electron chi connectivity index (χ0n) is 22.7. The van der Waals surface area contributed by atoms with E-state index < -0.39 is 29.2 Å². The lowest BCUT2D eigenvalue weighted by Gasteiger charge is -2.38. The van der Waals surface area contributed by atoms with E-state index in [-0.39, 0.29) is 23.6 Å². The molecule has 210 valence electrons. The Balaban J connectivity index is 1.30. The third-order valence-corrected chi connectivity index (χ3v) is 8.82. The van der Waals surface area contributed by atoms with Gasteiger partial charge in [-0.15, -0.1) is 3.89 Å². The topological polar surface area (TPSA) is 107 Å². The molecule has 0 unspecified atom stereocenters. The van der Waals surface area contributed by atoms with Crippen LogP contribution >= 0.6 is 0 Å². The number of anilines is 1. The standard InChI is InChI=1S/C29H32BFN2O6S/c1-18-26(17-40(31,37)38)19(2)28(20(3)27(18)30(35)36)32-12-14-33(15-13-32)29(34)39-16-25-23-10-6-4-8-21(23)22-9-5-7-11-24(22)25/h4-11,25,35-36H,12-17H2,1-3H3. The Hall–Kier alpha value is -3.41. The maximum Gasteiger partial charge on any atom is 0.489 e. The summed E-state index contributed by atoms with van der Waals surface area (Å²) >= 11 is 0. The Bertz CT molecular complexity index is 1530. The van der Waals surface area contributed by atoms with Gasteiger partial charge in [0.2, 0.25) is 0 Å². The second-order valence-corrected chi connectivity index (χ2v) is 11.8. The number of hydrogen-bond acceptors (Lipinski definition) is 7. The van der Waals surface area contributed by atoms with Crippen LogP contribution in [0.5, 0.6) is 0 Å². The minimum Gasteiger partial charge on any atom is -0.448 e. The molecule has 40 heavy (non-hydrogen) atoms. The number of ether oxygens (including phenoxy) is 1. The minimum atomic E-state index is -4.85. The van der Waals surface area contributed by atoms with Crippen molar-refractivity contribution in [1.29, 1.82) is 0 Å². The van der Waals surface area contributed by atoms with Gasteiger partial charge in [0.1, 0.15) is 12.4 Å². The van der Waals surface area contributed by atoms with Gasteiger partial charge in [-0.3, -0.25) is 0 Å². The summed E-state index contributed by atoms with van der Waals surface area (Å²) in [5, 5.41) is 20.1. The van der Waals surface area contributed by atoms with Crippen LogP contribution in [0.4, 0.5) is 14.4 Å². The van der Waals surface area contributed by atoms with Crippen molar-refractivity contribution in [2.75, 3.05) is 37.7 Å². The van der Waals surface area contributed by atoms with Gasteiger partial charge in [-0.05, 0) is 70.7 Å². The fourth-order valence-electron chi connectivity index (χ4n) is 6.33. The average molecular weight is 566 g/mol. The van der Waals surface area contributed by atoms with Crippen molar-refractivity contribution in [1.82, 2.24) is 4.90 Å². The van der Waals surface area contributed by atoms with Crippen molar-refractivity contribution in [2.24, 2.45) is 0 Å². The van der Waals surface area contributed by atoms with E-state index in [0.29, 0.717) is 48.6 Å². The van der Waals surface area contributed by atoms with Gasteiger partial charge in [-0.2, -0.15) is 8.42 Å². The van der Waals surface area contributed by atoms with Gasteiger partial charge in [0.25, 0.3) is 0 Å². The summed E-state index contributed by atoms with van der Waals surface area (Å²) in [7, 11) is -6.69. The number of benzene rings is 3. The number of fused-ring (bicyclic) bond motifs is 3. The second kappa shape index (κ2) is 10.9. The summed E-state index contributed by atoms with van der Waals surface area (Å²) in [6, 6.07) is 16.3. The SMILES string of the molecule is Cc1c(CS(=O)(=O)F)c(C)c(N2CCN(C(=O)OCC3c4ccccc4-c4ccccc43)CC2)c(C)c1B(O)O. The third kappa shape index (κ3) is 5.21. The highest BCUT2D eigenvalue weighted by molar-refractivity contribution is 7.85. The predicted molar refractivity (Wildman–Crippen MR) is 153 cm³/mol. The van der Waals surface area contributed by atoms with Gasteiger partial charge >= 0.3 is 23.4 Å². The number of amides is 1. The summed E-state index contributed by atoms with van der Waals surface area (Å²) in [5.74, 6) is -0.888. The van der Waals surface area contributed by atoms with Gasteiger partial charge < -0.3 is 24.6 Å². The molecule has 2 N–H and O–H groups in total. The zero-order valence-corrected chi connectivity index (χ0v) is 23.5. The van der Waals surface area contributed by atoms with E-state index in [1.807, 2.05) is 29.2 Å². The smallest absolute Gasteiger partial charge is 0.448 e. The Morgan fingerprint density at radius 3 is 2.00 bits per heavy atom. The van der Waals surface area contributed by atoms with Crippen molar-refractivity contribution >= 4 is 34.6 Å². The summed E-state index contributed by atoms with van der Waals surface area (Å²) in [4.78, 5) is 16.7. The lowest BCUT2D eigenvalue weighted by atomic mass is 9.71. The Morgan fingerprint density at radius 1 is 0.925 bits per heavy atom. The molecule has 0 bridgehead atoms. The second-order valence-electron chi connectivity index (χ2n) is 10.5. The normalized spacial score (nSPS) is 15.2. The summed E-state index contributed by atoms with van der Waals surface area (Å²) < 4.78 is 42.5. The molecule has 5 rings (SSSR count). The van der Waals surface area contributed by atoms with Crippen LogP contribution in [0.2, 0.25) is 0 Å². The van der Waals surface area contributed by atoms with Gasteiger partial charge in [-0.25, -0.2) is 4.79 Å². The molecule has 1 fully saturated rings. The summed E-state index contributed by atoms with van der Waals surface area (Å²) in [5.41, 5.74) is 7.08. The largest absolute Gasteiger partial charge is 0.489 e. The van der Waals surface area contributed by atoms with E-state index in [9.17, 15) is 27.1 Å². The quantitative estimate of drug-likeness (QED) is 0.349. The van der Waals surface area contributed by atoms with Crippen molar-refractivity contribution < 1.29 is 31.9 Å². The molecule has 1 saturated heterocycles. The molecule has 0 saturated carbocycles. The van der Waals surface area contributed by atoms with Crippen LogP contribution < -0.4 is 10.4 Å². The number of nitrogens with zero attached hydrogens (tertiary/aromatic N) is 2. The molecule has 1 amide bonds. The van der Waals surface area contributed by atoms with E-state index in [4.69, 9.17) is 4.74 Å². The number of carbonyl (C=O) groups excluding carboxylic acids is 1. The molecule has 0 atom stereocenters. The first-order valence-electron chi connectivity index (χ1n) is 13.2. The first-order chi connectivity index (χ1) is 19.0. The van der Waals surface area contributed by atoms with Gasteiger partial charge in [0.15, 0.2) is 0 Å². The van der Waals surface area contributed by atoms with Crippen LogP contribution in [0.1, 0.15) is 39.3 Å². The highest BCUT2D eigenvalue weighted by Gasteiger charge is 2.32. The van der Waals surface area contributed by atoms with Crippen molar-refractivity contribution in [3.8, 4) is 11.1 Å². The maximum absolute atomic E-state index is 13.7. The molecule has 0 aromatic heterocycles. The highest BCUT2D eigenvalue weighted by atomic mass is 32.3. The Morgan fingerprint density at radius 2 is 1.48 bits per heavy atom. The minimum absolute atomic E-state index is 0.0379. The first kappa shape index (κ1) is 28.1. The van der Waals surface area contributed by atoms with E-state index in [0.717, 1.165) is 22.3 Å². The molecular weight excluding hydrogens is 534 g/mol. The average Bonchev–Trinajstić information content (AvgIpc) is 3.23. The van der Waals surface area contributed by atoms with Gasteiger partial charge in [0, 0.05) is 37.8 Å². The van der Waals surface area contributed by atoms with Crippen molar-refractivity contribution in [3.63, 3.8) is 0 Å². The van der Waals surface area contributed by atoms with E-state index in [1.165, 1.54) is 0 Å².